The highest BCUT2D eigenvalue weighted by Crippen LogP contribution is 2.15. The van der Waals surface area contributed by atoms with Crippen LogP contribution >= 0.6 is 11.6 Å². The molecule has 1 aromatic rings. The Labute approximate surface area is 112 Å². The highest BCUT2D eigenvalue weighted by molar-refractivity contribution is 6.28. The third-order valence-electron chi connectivity index (χ3n) is 2.10. The summed E-state index contributed by atoms with van der Waals surface area (Å²) in [5.41, 5.74) is 0. The summed E-state index contributed by atoms with van der Waals surface area (Å²) in [6.45, 7) is 5.27. The normalized spacial score (nSPS) is 10.8. The van der Waals surface area contributed by atoms with E-state index < -0.39 is 0 Å². The van der Waals surface area contributed by atoms with Gasteiger partial charge < -0.3 is 14.4 Å². The number of aromatic nitrogens is 3. The summed E-state index contributed by atoms with van der Waals surface area (Å²) in [5.74, 6) is 0.502. The van der Waals surface area contributed by atoms with Gasteiger partial charge in [0.25, 0.3) is 0 Å². The molecule has 0 radical (unpaired) electrons. The van der Waals surface area contributed by atoms with Crippen LogP contribution < -0.4 is 9.64 Å². The molecule has 0 atom stereocenters. The van der Waals surface area contributed by atoms with E-state index in [1.54, 1.807) is 7.11 Å². The molecule has 102 valence electrons. The predicted octanol–water partition coefficient (Wildman–Crippen LogP) is 1.78. The van der Waals surface area contributed by atoms with E-state index in [0.717, 1.165) is 13.0 Å². The summed E-state index contributed by atoms with van der Waals surface area (Å²) in [5, 5.41) is 0.134. The smallest absolute Gasteiger partial charge is 0.322 e. The van der Waals surface area contributed by atoms with Crippen molar-refractivity contribution in [2.24, 2.45) is 0 Å². The number of rotatable bonds is 7. The molecule has 7 heteroatoms. The van der Waals surface area contributed by atoms with Crippen LogP contribution in [0.5, 0.6) is 6.01 Å². The molecule has 18 heavy (non-hydrogen) atoms. The van der Waals surface area contributed by atoms with Crippen molar-refractivity contribution in [1.29, 1.82) is 0 Å². The molecule has 0 amide bonds. The lowest BCUT2D eigenvalue weighted by Crippen LogP contribution is -2.23. The first-order chi connectivity index (χ1) is 8.52. The quantitative estimate of drug-likeness (QED) is 0.707. The second kappa shape index (κ2) is 7.33. The zero-order valence-electron chi connectivity index (χ0n) is 11.2. The summed E-state index contributed by atoms with van der Waals surface area (Å²) in [6, 6.07) is 0.249. The molecule has 1 aromatic heterocycles. The molecule has 0 saturated carbocycles. The molecular formula is C11H19ClN4O2. The number of halogens is 1. The minimum atomic E-state index is -0.00452. The standard InChI is InChI=1S/C11H19ClN4O2/c1-8(2)18-11-14-9(12)13-10(15-11)16(3)6-5-7-17-4/h8H,5-7H2,1-4H3. The predicted molar refractivity (Wildman–Crippen MR) is 70.4 cm³/mol. The molecule has 0 aliphatic heterocycles. The van der Waals surface area contributed by atoms with Crippen LogP contribution in [0, 0.1) is 0 Å². The van der Waals surface area contributed by atoms with Crippen molar-refractivity contribution in [2.75, 3.05) is 32.2 Å². The molecule has 0 unspecified atom stereocenters. The van der Waals surface area contributed by atoms with Gasteiger partial charge in [-0.25, -0.2) is 0 Å². The van der Waals surface area contributed by atoms with Gasteiger partial charge in [0.05, 0.1) is 6.10 Å². The van der Waals surface area contributed by atoms with Gasteiger partial charge in [0.1, 0.15) is 0 Å². The van der Waals surface area contributed by atoms with Crippen LogP contribution in [0.2, 0.25) is 5.28 Å². The van der Waals surface area contributed by atoms with E-state index in [9.17, 15) is 0 Å². The van der Waals surface area contributed by atoms with Crippen molar-refractivity contribution in [2.45, 2.75) is 26.4 Å². The van der Waals surface area contributed by atoms with E-state index in [4.69, 9.17) is 21.1 Å². The molecule has 0 bridgehead atoms. The Morgan fingerprint density at radius 1 is 1.28 bits per heavy atom. The lowest BCUT2D eigenvalue weighted by Gasteiger charge is -2.17. The number of ether oxygens (including phenoxy) is 2. The Morgan fingerprint density at radius 3 is 2.61 bits per heavy atom. The molecule has 0 N–H and O–H groups in total. The molecule has 1 rings (SSSR count). The van der Waals surface area contributed by atoms with Crippen LogP contribution in [0.4, 0.5) is 5.95 Å². The van der Waals surface area contributed by atoms with Gasteiger partial charge in [0, 0.05) is 27.3 Å². The number of methoxy groups -OCH3 is 1. The van der Waals surface area contributed by atoms with Gasteiger partial charge in [0.15, 0.2) is 0 Å². The molecule has 0 saturated heterocycles. The van der Waals surface area contributed by atoms with E-state index >= 15 is 0 Å². The van der Waals surface area contributed by atoms with Crippen molar-refractivity contribution in [3.05, 3.63) is 5.28 Å². The highest BCUT2D eigenvalue weighted by Gasteiger charge is 2.11. The van der Waals surface area contributed by atoms with E-state index in [1.165, 1.54) is 0 Å². The second-order valence-electron chi connectivity index (χ2n) is 4.12. The topological polar surface area (TPSA) is 60.4 Å². The van der Waals surface area contributed by atoms with Gasteiger partial charge in [-0.05, 0) is 31.9 Å². The fraction of sp³-hybridized carbons (Fsp3) is 0.727. The van der Waals surface area contributed by atoms with Crippen LogP contribution in [-0.4, -0.2) is 48.4 Å². The van der Waals surface area contributed by atoms with E-state index in [2.05, 4.69) is 15.0 Å². The Balaban J connectivity index is 2.71. The Hall–Kier alpha value is -1.14. The van der Waals surface area contributed by atoms with Gasteiger partial charge in [-0.2, -0.15) is 15.0 Å². The summed E-state index contributed by atoms with van der Waals surface area (Å²) >= 11 is 5.85. The van der Waals surface area contributed by atoms with Gasteiger partial charge in [0.2, 0.25) is 11.2 Å². The van der Waals surface area contributed by atoms with Crippen LogP contribution in [-0.2, 0) is 4.74 Å². The summed E-state index contributed by atoms with van der Waals surface area (Å²) in [7, 11) is 3.56. The zero-order chi connectivity index (χ0) is 13.5. The molecule has 6 nitrogen and oxygen atoms in total. The maximum atomic E-state index is 5.85. The van der Waals surface area contributed by atoms with Gasteiger partial charge in [-0.15, -0.1) is 0 Å². The fourth-order valence-corrected chi connectivity index (χ4v) is 1.45. The third kappa shape index (κ3) is 5.01. The Kier molecular flexibility index (Phi) is 6.07. The minimum absolute atomic E-state index is 0.00452. The van der Waals surface area contributed by atoms with Crippen LogP contribution in [0.1, 0.15) is 20.3 Å². The second-order valence-corrected chi connectivity index (χ2v) is 4.46. The van der Waals surface area contributed by atoms with Crippen molar-refractivity contribution >= 4 is 17.5 Å². The average molecular weight is 275 g/mol. The van der Waals surface area contributed by atoms with E-state index in [0.29, 0.717) is 12.6 Å². The minimum Gasteiger partial charge on any atom is -0.461 e. The average Bonchev–Trinajstić information content (AvgIpc) is 2.27. The van der Waals surface area contributed by atoms with Crippen molar-refractivity contribution < 1.29 is 9.47 Å². The third-order valence-corrected chi connectivity index (χ3v) is 2.27. The maximum absolute atomic E-state index is 5.85. The Morgan fingerprint density at radius 2 is 2.00 bits per heavy atom. The Bertz CT molecular complexity index is 376. The maximum Gasteiger partial charge on any atom is 0.322 e. The molecule has 0 spiro atoms. The van der Waals surface area contributed by atoms with Gasteiger partial charge >= 0.3 is 6.01 Å². The molecular weight excluding hydrogens is 256 g/mol. The SMILES string of the molecule is COCCCN(C)c1nc(Cl)nc(OC(C)C)n1. The van der Waals surface area contributed by atoms with Crippen LogP contribution in [0.3, 0.4) is 0 Å². The summed E-state index contributed by atoms with van der Waals surface area (Å²) in [6.07, 6.45) is 0.881. The molecule has 0 aromatic carbocycles. The number of nitrogens with zero attached hydrogens (tertiary/aromatic N) is 4. The van der Waals surface area contributed by atoms with Crippen molar-refractivity contribution in [1.82, 2.24) is 15.0 Å². The first-order valence-corrected chi connectivity index (χ1v) is 6.19. The lowest BCUT2D eigenvalue weighted by atomic mass is 10.4. The van der Waals surface area contributed by atoms with Crippen molar-refractivity contribution in [3.8, 4) is 6.01 Å². The summed E-state index contributed by atoms with van der Waals surface area (Å²) in [4.78, 5) is 14.1. The van der Waals surface area contributed by atoms with Gasteiger partial charge in [-0.3, -0.25) is 0 Å². The number of hydrogen-bond acceptors (Lipinski definition) is 6. The first kappa shape index (κ1) is 14.9. The molecule has 0 aliphatic rings. The van der Waals surface area contributed by atoms with E-state index in [-0.39, 0.29) is 17.4 Å². The lowest BCUT2D eigenvalue weighted by molar-refractivity contribution is 0.196. The summed E-state index contributed by atoms with van der Waals surface area (Å²) < 4.78 is 10.4. The van der Waals surface area contributed by atoms with Gasteiger partial charge in [-0.1, -0.05) is 0 Å². The van der Waals surface area contributed by atoms with Crippen LogP contribution in [0.25, 0.3) is 0 Å². The zero-order valence-corrected chi connectivity index (χ0v) is 11.9. The highest BCUT2D eigenvalue weighted by atomic mass is 35.5. The number of hydrogen-bond donors (Lipinski definition) is 0. The number of anilines is 1. The fourth-order valence-electron chi connectivity index (χ4n) is 1.30. The van der Waals surface area contributed by atoms with Crippen LogP contribution in [0.15, 0.2) is 0 Å². The molecule has 1 heterocycles. The molecule has 0 fully saturated rings. The monoisotopic (exact) mass is 274 g/mol. The molecule has 0 aliphatic carbocycles. The van der Waals surface area contributed by atoms with E-state index in [1.807, 2.05) is 25.8 Å². The van der Waals surface area contributed by atoms with Crippen molar-refractivity contribution in [3.63, 3.8) is 0 Å². The largest absolute Gasteiger partial charge is 0.461 e. The first-order valence-electron chi connectivity index (χ1n) is 5.81.